The number of carbonyl (C=O) groups is 1. The molecule has 6 nitrogen and oxygen atoms in total. The molecule has 0 aliphatic rings. The number of amides is 1. The third-order valence-corrected chi connectivity index (χ3v) is 4.33. The lowest BCUT2D eigenvalue weighted by Crippen LogP contribution is -2.32. The van der Waals surface area contributed by atoms with E-state index in [0.717, 1.165) is 22.6 Å². The van der Waals surface area contributed by atoms with Crippen molar-refractivity contribution in [1.29, 1.82) is 0 Å². The van der Waals surface area contributed by atoms with Gasteiger partial charge in [-0.25, -0.2) is 0 Å². The highest BCUT2D eigenvalue weighted by molar-refractivity contribution is 5.79. The number of hydrogen-bond donors (Lipinski definition) is 0. The molecule has 1 amide bonds. The summed E-state index contributed by atoms with van der Waals surface area (Å²) in [6, 6.07) is 17.8. The van der Waals surface area contributed by atoms with E-state index in [0.29, 0.717) is 19.5 Å². The third kappa shape index (κ3) is 4.88. The van der Waals surface area contributed by atoms with Gasteiger partial charge in [-0.3, -0.25) is 4.79 Å². The van der Waals surface area contributed by atoms with Gasteiger partial charge >= 0.3 is 0 Å². The summed E-state index contributed by atoms with van der Waals surface area (Å²) in [5.74, 6) is 0.836. The molecule has 0 bridgehead atoms. The summed E-state index contributed by atoms with van der Waals surface area (Å²) >= 11 is 0. The second-order valence-corrected chi connectivity index (χ2v) is 6.23. The molecule has 1 heterocycles. The van der Waals surface area contributed by atoms with Crippen LogP contribution in [0, 0.1) is 6.92 Å². The Kier molecular flexibility index (Phi) is 6.10. The average molecular weight is 361 g/mol. The van der Waals surface area contributed by atoms with Gasteiger partial charge in [0.05, 0.1) is 12.1 Å². The number of rotatable bonds is 7. The molecule has 0 unspecified atom stereocenters. The monoisotopic (exact) mass is 361 g/mol. The van der Waals surface area contributed by atoms with Crippen LogP contribution in [0.1, 0.15) is 23.9 Å². The lowest BCUT2D eigenvalue weighted by Gasteiger charge is -2.19. The predicted molar refractivity (Wildman–Crippen MR) is 105 cm³/mol. The molecule has 2 aromatic carbocycles. The van der Waals surface area contributed by atoms with Gasteiger partial charge in [-0.2, -0.15) is 4.68 Å². The van der Waals surface area contributed by atoms with Crippen molar-refractivity contribution < 1.29 is 4.79 Å². The second-order valence-electron chi connectivity index (χ2n) is 6.23. The standard InChI is InChI=1S/C21H23N5O/c1-3-25(15-7-10-18-8-5-4-6-9-18)21(27)16-19-11-13-20(14-12-19)26-17(2)22-23-24-26/h4-14H,3,15-16H2,1-2H3. The molecule has 0 radical (unpaired) electrons. The maximum absolute atomic E-state index is 12.6. The van der Waals surface area contributed by atoms with Crippen molar-refractivity contribution in [1.82, 2.24) is 25.1 Å². The van der Waals surface area contributed by atoms with E-state index in [1.54, 1.807) is 4.68 Å². The van der Waals surface area contributed by atoms with Crippen LogP contribution in [0.3, 0.4) is 0 Å². The first-order valence-electron chi connectivity index (χ1n) is 9.01. The molecule has 1 aromatic heterocycles. The fourth-order valence-corrected chi connectivity index (χ4v) is 2.80. The molecule has 0 fully saturated rings. The summed E-state index contributed by atoms with van der Waals surface area (Å²) in [6.07, 6.45) is 4.45. The second kappa shape index (κ2) is 8.89. The van der Waals surface area contributed by atoms with Gasteiger partial charge in [-0.05, 0) is 47.5 Å². The SMILES string of the molecule is CCN(CC=Cc1ccccc1)C(=O)Cc1ccc(-n2nnnc2C)cc1. The topological polar surface area (TPSA) is 63.9 Å². The zero-order valence-corrected chi connectivity index (χ0v) is 15.6. The smallest absolute Gasteiger partial charge is 0.227 e. The van der Waals surface area contributed by atoms with Crippen LogP contribution in [0.2, 0.25) is 0 Å². The summed E-state index contributed by atoms with van der Waals surface area (Å²) in [4.78, 5) is 14.5. The summed E-state index contributed by atoms with van der Waals surface area (Å²) in [5, 5.41) is 11.5. The Morgan fingerprint density at radius 3 is 2.48 bits per heavy atom. The van der Waals surface area contributed by atoms with Crippen molar-refractivity contribution in [3.8, 4) is 5.69 Å². The minimum Gasteiger partial charge on any atom is -0.339 e. The maximum atomic E-state index is 12.6. The van der Waals surface area contributed by atoms with Crippen LogP contribution in [-0.4, -0.2) is 44.1 Å². The molecule has 0 N–H and O–H groups in total. The minimum atomic E-state index is 0.113. The first-order chi connectivity index (χ1) is 13.2. The first kappa shape index (κ1) is 18.5. The van der Waals surface area contributed by atoms with Gasteiger partial charge in [0.15, 0.2) is 5.82 Å². The van der Waals surface area contributed by atoms with Crippen LogP contribution in [0.4, 0.5) is 0 Å². The molecule has 27 heavy (non-hydrogen) atoms. The van der Waals surface area contributed by atoms with Crippen LogP contribution < -0.4 is 0 Å². The number of aryl methyl sites for hydroxylation is 1. The number of tetrazole rings is 1. The van der Waals surface area contributed by atoms with Gasteiger partial charge in [-0.1, -0.05) is 54.6 Å². The quantitative estimate of drug-likeness (QED) is 0.649. The van der Waals surface area contributed by atoms with E-state index in [1.807, 2.05) is 85.5 Å². The number of nitrogens with zero attached hydrogens (tertiary/aromatic N) is 5. The Hall–Kier alpha value is -3.28. The molecule has 3 rings (SSSR count). The van der Waals surface area contributed by atoms with Crippen molar-refractivity contribution in [3.63, 3.8) is 0 Å². The van der Waals surface area contributed by atoms with Gasteiger partial charge in [0.25, 0.3) is 0 Å². The van der Waals surface area contributed by atoms with Gasteiger partial charge in [0.2, 0.25) is 5.91 Å². The number of likely N-dealkylation sites (N-methyl/N-ethyl adjacent to an activating group) is 1. The lowest BCUT2D eigenvalue weighted by atomic mass is 10.1. The van der Waals surface area contributed by atoms with Crippen LogP contribution >= 0.6 is 0 Å². The summed E-state index contributed by atoms with van der Waals surface area (Å²) < 4.78 is 1.67. The molecule has 3 aromatic rings. The van der Waals surface area contributed by atoms with E-state index in [2.05, 4.69) is 15.5 Å². The van der Waals surface area contributed by atoms with Gasteiger partial charge in [0.1, 0.15) is 0 Å². The Morgan fingerprint density at radius 2 is 1.85 bits per heavy atom. The van der Waals surface area contributed by atoms with Crippen molar-refractivity contribution in [2.24, 2.45) is 0 Å². The van der Waals surface area contributed by atoms with Crippen molar-refractivity contribution in [2.45, 2.75) is 20.3 Å². The largest absolute Gasteiger partial charge is 0.339 e. The number of carbonyl (C=O) groups excluding carboxylic acids is 1. The molecule has 0 spiro atoms. The number of benzene rings is 2. The molecule has 138 valence electrons. The fraction of sp³-hybridized carbons (Fsp3) is 0.238. The molecular weight excluding hydrogens is 338 g/mol. The lowest BCUT2D eigenvalue weighted by molar-refractivity contribution is -0.129. The van der Waals surface area contributed by atoms with E-state index in [9.17, 15) is 4.79 Å². The molecule has 0 aliphatic heterocycles. The Morgan fingerprint density at radius 1 is 1.11 bits per heavy atom. The van der Waals surface area contributed by atoms with Crippen molar-refractivity contribution in [2.75, 3.05) is 13.1 Å². The molecular formula is C21H23N5O. The van der Waals surface area contributed by atoms with E-state index in [1.165, 1.54) is 0 Å². The molecule has 0 saturated carbocycles. The van der Waals surface area contributed by atoms with Gasteiger partial charge in [-0.15, -0.1) is 5.10 Å². The Balaban J connectivity index is 1.59. The van der Waals surface area contributed by atoms with E-state index < -0.39 is 0 Å². The van der Waals surface area contributed by atoms with Crippen LogP contribution in [0.5, 0.6) is 0 Å². The molecule has 6 heteroatoms. The molecule has 0 atom stereocenters. The average Bonchev–Trinajstić information content (AvgIpc) is 3.12. The highest BCUT2D eigenvalue weighted by Gasteiger charge is 2.11. The van der Waals surface area contributed by atoms with Crippen molar-refractivity contribution in [3.05, 3.63) is 77.6 Å². The first-order valence-corrected chi connectivity index (χ1v) is 9.01. The molecule has 0 saturated heterocycles. The van der Waals surface area contributed by atoms with Gasteiger partial charge < -0.3 is 4.90 Å². The summed E-state index contributed by atoms with van der Waals surface area (Å²) in [7, 11) is 0. The predicted octanol–water partition coefficient (Wildman–Crippen LogP) is 3.08. The van der Waals surface area contributed by atoms with Gasteiger partial charge in [0, 0.05) is 13.1 Å². The van der Waals surface area contributed by atoms with Crippen LogP contribution in [0.25, 0.3) is 11.8 Å². The Bertz CT molecular complexity index is 900. The molecule has 0 aliphatic carbocycles. The van der Waals surface area contributed by atoms with Crippen LogP contribution in [-0.2, 0) is 11.2 Å². The normalized spacial score (nSPS) is 11.0. The number of aromatic nitrogens is 4. The van der Waals surface area contributed by atoms with Crippen LogP contribution in [0.15, 0.2) is 60.7 Å². The zero-order chi connectivity index (χ0) is 19.1. The van der Waals surface area contributed by atoms with Crippen molar-refractivity contribution >= 4 is 12.0 Å². The number of hydrogen-bond acceptors (Lipinski definition) is 4. The fourth-order valence-electron chi connectivity index (χ4n) is 2.80. The van der Waals surface area contributed by atoms with E-state index >= 15 is 0 Å². The minimum absolute atomic E-state index is 0.113. The highest BCUT2D eigenvalue weighted by atomic mass is 16.2. The summed E-state index contributed by atoms with van der Waals surface area (Å²) in [6.45, 7) is 5.13. The maximum Gasteiger partial charge on any atom is 0.227 e. The Labute approximate surface area is 159 Å². The highest BCUT2D eigenvalue weighted by Crippen LogP contribution is 2.11. The summed E-state index contributed by atoms with van der Waals surface area (Å²) in [5.41, 5.74) is 2.99. The van der Waals surface area contributed by atoms with E-state index in [-0.39, 0.29) is 5.91 Å². The zero-order valence-electron chi connectivity index (χ0n) is 15.6. The van der Waals surface area contributed by atoms with E-state index in [4.69, 9.17) is 0 Å². The third-order valence-electron chi connectivity index (χ3n) is 4.33.